The summed E-state index contributed by atoms with van der Waals surface area (Å²) in [7, 11) is 0. The second kappa shape index (κ2) is 6.02. The summed E-state index contributed by atoms with van der Waals surface area (Å²) in [6, 6.07) is 4.43. The summed E-state index contributed by atoms with van der Waals surface area (Å²) >= 11 is 5.92. The maximum atomic E-state index is 10.9. The third-order valence-corrected chi connectivity index (χ3v) is 3.35. The minimum absolute atomic E-state index is 0.0842. The van der Waals surface area contributed by atoms with Gasteiger partial charge in [0.15, 0.2) is 0 Å². The summed E-state index contributed by atoms with van der Waals surface area (Å²) in [6.07, 6.45) is 1.45. The molecule has 0 heterocycles. The van der Waals surface area contributed by atoms with Crippen LogP contribution < -0.4 is 10.5 Å². The quantitative estimate of drug-likeness (QED) is 0.637. The molecule has 0 atom stereocenters. The Morgan fingerprint density at radius 3 is 2.56 bits per heavy atom. The van der Waals surface area contributed by atoms with Gasteiger partial charge in [-0.2, -0.15) is 0 Å². The van der Waals surface area contributed by atoms with Gasteiger partial charge in [0.1, 0.15) is 6.61 Å². The van der Waals surface area contributed by atoms with Crippen molar-refractivity contribution in [2.24, 2.45) is 5.73 Å². The van der Waals surface area contributed by atoms with Gasteiger partial charge in [-0.3, -0.25) is 10.1 Å². The third-order valence-electron chi connectivity index (χ3n) is 3.06. The van der Waals surface area contributed by atoms with Crippen LogP contribution >= 0.6 is 11.6 Å². The molecule has 0 aliphatic heterocycles. The van der Waals surface area contributed by atoms with Gasteiger partial charge < -0.3 is 10.5 Å². The van der Waals surface area contributed by atoms with Gasteiger partial charge in [0.25, 0.3) is 0 Å². The van der Waals surface area contributed by atoms with Crippen LogP contribution in [0.1, 0.15) is 26.7 Å². The molecule has 0 spiro atoms. The van der Waals surface area contributed by atoms with E-state index < -0.39 is 10.5 Å². The number of hydrogen-bond donors (Lipinski definition) is 1. The second-order valence-corrected chi connectivity index (χ2v) is 4.61. The number of ether oxygens (including phenoxy) is 1. The Morgan fingerprint density at radius 1 is 1.44 bits per heavy atom. The predicted octanol–water partition coefficient (Wildman–Crippen LogP) is 3.14. The number of para-hydroxylation sites is 1. The molecule has 0 saturated heterocycles. The van der Waals surface area contributed by atoms with Crippen molar-refractivity contribution < 1.29 is 9.66 Å². The summed E-state index contributed by atoms with van der Waals surface area (Å²) in [4.78, 5) is 10.4. The fraction of sp³-hybridized carbons (Fsp3) is 0.500. The number of nitrogens with zero attached hydrogens (tertiary/aromatic N) is 1. The summed E-state index contributed by atoms with van der Waals surface area (Å²) < 4.78 is 5.48. The molecule has 18 heavy (non-hydrogen) atoms. The van der Waals surface area contributed by atoms with E-state index in [1.165, 1.54) is 12.1 Å². The lowest BCUT2D eigenvalue weighted by Gasteiger charge is -2.26. The summed E-state index contributed by atoms with van der Waals surface area (Å²) in [5.74, 6) is 0.0842. The summed E-state index contributed by atoms with van der Waals surface area (Å²) in [6.45, 7) is 4.10. The highest BCUT2D eigenvalue weighted by Crippen LogP contribution is 2.35. The molecule has 100 valence electrons. The molecular formula is C12H17ClN2O3. The van der Waals surface area contributed by atoms with Gasteiger partial charge in [0, 0.05) is 11.6 Å². The van der Waals surface area contributed by atoms with E-state index in [-0.39, 0.29) is 23.1 Å². The fourth-order valence-corrected chi connectivity index (χ4v) is 1.68. The molecule has 0 bridgehead atoms. The van der Waals surface area contributed by atoms with Crippen LogP contribution in [0, 0.1) is 10.1 Å². The average molecular weight is 273 g/mol. The maximum Gasteiger partial charge on any atom is 0.312 e. The molecule has 0 amide bonds. The van der Waals surface area contributed by atoms with Crippen LogP contribution in [0.15, 0.2) is 18.2 Å². The van der Waals surface area contributed by atoms with Gasteiger partial charge in [-0.15, -0.1) is 0 Å². The lowest BCUT2D eigenvalue weighted by molar-refractivity contribution is -0.385. The molecule has 0 aliphatic rings. The predicted molar refractivity (Wildman–Crippen MR) is 71.1 cm³/mol. The molecule has 0 unspecified atom stereocenters. The topological polar surface area (TPSA) is 78.4 Å². The number of nitro groups is 1. The first-order chi connectivity index (χ1) is 8.43. The zero-order valence-corrected chi connectivity index (χ0v) is 11.2. The highest BCUT2D eigenvalue weighted by molar-refractivity contribution is 6.32. The maximum absolute atomic E-state index is 10.9. The van der Waals surface area contributed by atoms with Crippen molar-refractivity contribution in [2.45, 2.75) is 32.2 Å². The Hall–Kier alpha value is -1.33. The van der Waals surface area contributed by atoms with Crippen molar-refractivity contribution in [1.29, 1.82) is 0 Å². The van der Waals surface area contributed by atoms with Crippen LogP contribution in [0.4, 0.5) is 5.69 Å². The monoisotopic (exact) mass is 272 g/mol. The van der Waals surface area contributed by atoms with Gasteiger partial charge in [-0.25, -0.2) is 0 Å². The van der Waals surface area contributed by atoms with Crippen LogP contribution in [0.5, 0.6) is 5.75 Å². The van der Waals surface area contributed by atoms with Crippen molar-refractivity contribution in [1.82, 2.24) is 0 Å². The first kappa shape index (κ1) is 14.7. The molecule has 0 fully saturated rings. The van der Waals surface area contributed by atoms with E-state index in [1.807, 2.05) is 13.8 Å². The Morgan fingerprint density at radius 2 is 2.06 bits per heavy atom. The summed E-state index contributed by atoms with van der Waals surface area (Å²) in [5, 5.41) is 11.1. The molecule has 1 aromatic rings. The van der Waals surface area contributed by atoms with Crippen molar-refractivity contribution in [3.63, 3.8) is 0 Å². The van der Waals surface area contributed by atoms with Gasteiger partial charge in [-0.05, 0) is 18.9 Å². The first-order valence-corrected chi connectivity index (χ1v) is 6.16. The van der Waals surface area contributed by atoms with Gasteiger partial charge in [-0.1, -0.05) is 31.5 Å². The van der Waals surface area contributed by atoms with Crippen LogP contribution in [0.25, 0.3) is 0 Å². The molecule has 1 rings (SSSR count). The van der Waals surface area contributed by atoms with Crippen molar-refractivity contribution in [3.05, 3.63) is 33.3 Å². The zero-order valence-electron chi connectivity index (χ0n) is 10.5. The molecule has 1 aromatic carbocycles. The highest BCUT2D eigenvalue weighted by Gasteiger charge is 2.25. The molecule has 2 N–H and O–H groups in total. The minimum atomic E-state index is -0.517. The number of nitro benzene ring substituents is 1. The summed E-state index contributed by atoms with van der Waals surface area (Å²) in [5.41, 5.74) is 5.45. The van der Waals surface area contributed by atoms with Crippen molar-refractivity contribution in [3.8, 4) is 5.75 Å². The molecule has 0 saturated carbocycles. The van der Waals surface area contributed by atoms with E-state index in [1.54, 1.807) is 6.07 Å². The van der Waals surface area contributed by atoms with E-state index in [0.29, 0.717) is 0 Å². The fourth-order valence-electron chi connectivity index (χ4n) is 1.45. The largest absolute Gasteiger partial charge is 0.484 e. The zero-order chi connectivity index (χ0) is 13.8. The van der Waals surface area contributed by atoms with Crippen molar-refractivity contribution in [2.75, 3.05) is 6.61 Å². The molecule has 0 radical (unpaired) electrons. The van der Waals surface area contributed by atoms with Gasteiger partial charge in [0.05, 0.1) is 9.95 Å². The lowest BCUT2D eigenvalue weighted by atomic mass is 9.96. The van der Waals surface area contributed by atoms with Crippen LogP contribution in [-0.4, -0.2) is 17.1 Å². The molecule has 5 nitrogen and oxygen atoms in total. The Balaban J connectivity index is 2.94. The number of benzene rings is 1. The minimum Gasteiger partial charge on any atom is -0.484 e. The van der Waals surface area contributed by atoms with E-state index in [2.05, 4.69) is 0 Å². The molecular weight excluding hydrogens is 256 g/mol. The first-order valence-electron chi connectivity index (χ1n) is 5.78. The smallest absolute Gasteiger partial charge is 0.312 e. The normalized spacial score (nSPS) is 11.3. The Kier molecular flexibility index (Phi) is 4.93. The molecule has 6 heteroatoms. The Labute approximate surface area is 111 Å². The SMILES string of the molecule is CCC(N)(CC)COc1c(Cl)cccc1[N+](=O)[O-]. The molecule has 0 aromatic heterocycles. The van der Waals surface area contributed by atoms with Crippen LogP contribution in [0.2, 0.25) is 5.02 Å². The molecule has 0 aliphatic carbocycles. The van der Waals surface area contributed by atoms with Crippen LogP contribution in [0.3, 0.4) is 0 Å². The number of nitrogens with two attached hydrogens (primary N) is 1. The Bertz CT molecular complexity index is 433. The number of hydrogen-bond acceptors (Lipinski definition) is 4. The van der Waals surface area contributed by atoms with Crippen LogP contribution in [-0.2, 0) is 0 Å². The average Bonchev–Trinajstić information content (AvgIpc) is 2.36. The number of halogens is 1. The van der Waals surface area contributed by atoms with E-state index in [9.17, 15) is 10.1 Å². The van der Waals surface area contributed by atoms with Crippen molar-refractivity contribution >= 4 is 17.3 Å². The van der Waals surface area contributed by atoms with Gasteiger partial charge >= 0.3 is 5.69 Å². The highest BCUT2D eigenvalue weighted by atomic mass is 35.5. The standard InChI is InChI=1S/C12H17ClN2O3/c1-3-12(14,4-2)8-18-11-9(13)6-5-7-10(11)15(16)17/h5-7H,3-4,8,14H2,1-2H3. The van der Waals surface area contributed by atoms with Gasteiger partial charge in [0.2, 0.25) is 5.75 Å². The second-order valence-electron chi connectivity index (χ2n) is 4.20. The lowest BCUT2D eigenvalue weighted by Crippen LogP contribution is -2.44. The third kappa shape index (κ3) is 3.34. The van der Waals surface area contributed by atoms with E-state index >= 15 is 0 Å². The number of rotatable bonds is 6. The van der Waals surface area contributed by atoms with E-state index in [0.717, 1.165) is 12.8 Å². The van der Waals surface area contributed by atoms with E-state index in [4.69, 9.17) is 22.1 Å².